The van der Waals surface area contributed by atoms with Gasteiger partial charge in [-0.1, -0.05) is 11.3 Å². The van der Waals surface area contributed by atoms with Crippen LogP contribution in [0, 0.1) is 0 Å². The van der Waals surface area contributed by atoms with Crippen molar-refractivity contribution in [2.24, 2.45) is 0 Å². The number of piperidine rings is 1. The first-order valence-corrected chi connectivity index (χ1v) is 7.28. The van der Waals surface area contributed by atoms with E-state index in [1.165, 1.54) is 22.7 Å². The molecule has 7 heteroatoms. The normalized spacial score (nSPS) is 20.1. The molecule has 102 valence electrons. The predicted octanol–water partition coefficient (Wildman–Crippen LogP) is 1.16. The zero-order valence-electron chi connectivity index (χ0n) is 10.8. The van der Waals surface area contributed by atoms with Gasteiger partial charge in [0, 0.05) is 20.1 Å². The third kappa shape index (κ3) is 2.30. The molecular weight excluding hydrogens is 264 g/mol. The molecule has 0 bridgehead atoms. The minimum absolute atomic E-state index is 0.0843. The minimum atomic E-state index is -0.190. The first-order valence-electron chi connectivity index (χ1n) is 6.46. The van der Waals surface area contributed by atoms with Gasteiger partial charge >= 0.3 is 0 Å². The molecule has 3 rings (SSSR count). The summed E-state index contributed by atoms with van der Waals surface area (Å²) in [7, 11) is 1.64. The van der Waals surface area contributed by atoms with Gasteiger partial charge in [-0.25, -0.2) is 4.98 Å². The molecule has 0 aliphatic carbocycles. The fourth-order valence-corrected chi connectivity index (χ4v) is 3.46. The zero-order valence-corrected chi connectivity index (χ0v) is 11.6. The van der Waals surface area contributed by atoms with E-state index >= 15 is 0 Å². The quantitative estimate of drug-likeness (QED) is 0.838. The van der Waals surface area contributed by atoms with Crippen molar-refractivity contribution in [3.8, 4) is 0 Å². The van der Waals surface area contributed by atoms with Crippen LogP contribution in [-0.4, -0.2) is 48.4 Å². The monoisotopic (exact) mass is 280 g/mol. The van der Waals surface area contributed by atoms with Crippen LogP contribution in [0.2, 0.25) is 0 Å². The Bertz CT molecular complexity index is 522. The van der Waals surface area contributed by atoms with Gasteiger partial charge in [0.1, 0.15) is 4.88 Å². The number of fused-ring (bicyclic) bond motifs is 1. The molecule has 19 heavy (non-hydrogen) atoms. The number of amides is 2. The Balaban J connectivity index is 1.93. The number of aromatic nitrogens is 1. The molecule has 0 unspecified atom stereocenters. The van der Waals surface area contributed by atoms with E-state index in [1.807, 2.05) is 0 Å². The molecule has 0 radical (unpaired) electrons. The average Bonchev–Trinajstić information content (AvgIpc) is 2.78. The molecule has 3 heterocycles. The molecule has 1 aromatic heterocycles. The lowest BCUT2D eigenvalue weighted by atomic mass is 10.1. The van der Waals surface area contributed by atoms with Crippen molar-refractivity contribution in [1.82, 2.24) is 9.88 Å². The van der Waals surface area contributed by atoms with E-state index in [0.29, 0.717) is 10.7 Å². The lowest BCUT2D eigenvalue weighted by Gasteiger charge is -2.25. The summed E-state index contributed by atoms with van der Waals surface area (Å²) >= 11 is 1.38. The lowest BCUT2D eigenvalue weighted by molar-refractivity contribution is -0.116. The summed E-state index contributed by atoms with van der Waals surface area (Å²) in [5.74, 6) is 0.101. The van der Waals surface area contributed by atoms with E-state index < -0.39 is 0 Å². The van der Waals surface area contributed by atoms with E-state index in [0.717, 1.165) is 31.1 Å². The molecule has 2 aliphatic rings. The van der Waals surface area contributed by atoms with Crippen molar-refractivity contribution in [3.63, 3.8) is 0 Å². The number of nitrogens with zero attached hydrogens (tertiary/aromatic N) is 3. The predicted molar refractivity (Wildman–Crippen MR) is 73.8 cm³/mol. The van der Waals surface area contributed by atoms with Crippen molar-refractivity contribution in [1.29, 1.82) is 0 Å². The number of hydrogen-bond acceptors (Lipinski definition) is 5. The van der Waals surface area contributed by atoms with Crippen molar-refractivity contribution in [2.45, 2.75) is 19.3 Å². The molecule has 2 aliphatic heterocycles. The highest BCUT2D eigenvalue weighted by Crippen LogP contribution is 2.33. The molecule has 1 N–H and O–H groups in total. The average molecular weight is 280 g/mol. The Hall–Kier alpha value is -1.63. The summed E-state index contributed by atoms with van der Waals surface area (Å²) in [5.41, 5.74) is 0. The second-order valence-electron chi connectivity index (χ2n) is 4.93. The topological polar surface area (TPSA) is 65.5 Å². The van der Waals surface area contributed by atoms with Gasteiger partial charge in [-0.3, -0.25) is 9.59 Å². The van der Waals surface area contributed by atoms with E-state index in [-0.39, 0.29) is 18.4 Å². The van der Waals surface area contributed by atoms with E-state index in [9.17, 15) is 9.59 Å². The standard InChI is InChI=1S/C12H16N4O2S/c1-15-7-8(17)13-10-9(11(15)18)19-12(14-10)16-5-3-2-4-6-16/h2-7H2,1H3,(H,13,17). The van der Waals surface area contributed by atoms with Gasteiger partial charge in [-0.15, -0.1) is 0 Å². The number of anilines is 2. The molecule has 0 saturated carbocycles. The Kier molecular flexibility index (Phi) is 3.14. The summed E-state index contributed by atoms with van der Waals surface area (Å²) in [6, 6.07) is 0. The Morgan fingerprint density at radius 1 is 1.21 bits per heavy atom. The van der Waals surface area contributed by atoms with Gasteiger partial charge in [0.05, 0.1) is 6.54 Å². The third-order valence-electron chi connectivity index (χ3n) is 3.42. The SMILES string of the molecule is CN1CC(=O)Nc2nc(N3CCCCC3)sc2C1=O. The van der Waals surface area contributed by atoms with Gasteiger partial charge in [0.15, 0.2) is 10.9 Å². The first kappa shape index (κ1) is 12.4. The Morgan fingerprint density at radius 3 is 2.68 bits per heavy atom. The fourth-order valence-electron chi connectivity index (χ4n) is 2.39. The third-order valence-corrected chi connectivity index (χ3v) is 4.53. The first-order chi connectivity index (χ1) is 9.15. The zero-order chi connectivity index (χ0) is 13.4. The number of rotatable bonds is 1. The van der Waals surface area contributed by atoms with Gasteiger partial charge in [-0.05, 0) is 19.3 Å². The van der Waals surface area contributed by atoms with Gasteiger partial charge in [-0.2, -0.15) is 0 Å². The van der Waals surface area contributed by atoms with E-state index in [2.05, 4.69) is 15.2 Å². The number of hydrogen-bond donors (Lipinski definition) is 1. The maximum Gasteiger partial charge on any atom is 0.268 e. The maximum atomic E-state index is 12.2. The molecule has 2 amide bonds. The molecule has 0 atom stereocenters. The van der Waals surface area contributed by atoms with E-state index in [4.69, 9.17) is 0 Å². The van der Waals surface area contributed by atoms with Crippen LogP contribution in [0.1, 0.15) is 28.9 Å². The molecule has 1 fully saturated rings. The number of nitrogens with one attached hydrogen (secondary N) is 1. The summed E-state index contributed by atoms with van der Waals surface area (Å²) in [6.07, 6.45) is 3.56. The fraction of sp³-hybridized carbons (Fsp3) is 0.583. The van der Waals surface area contributed by atoms with Crippen LogP contribution in [0.5, 0.6) is 0 Å². The highest BCUT2D eigenvalue weighted by atomic mass is 32.1. The summed E-state index contributed by atoms with van der Waals surface area (Å²) < 4.78 is 0. The summed E-state index contributed by atoms with van der Waals surface area (Å²) in [4.78, 5) is 32.4. The second-order valence-corrected chi connectivity index (χ2v) is 5.91. The Morgan fingerprint density at radius 2 is 1.95 bits per heavy atom. The highest BCUT2D eigenvalue weighted by Gasteiger charge is 2.29. The Labute approximate surface area is 115 Å². The molecule has 0 spiro atoms. The second kappa shape index (κ2) is 4.80. The molecule has 0 aromatic carbocycles. The van der Waals surface area contributed by atoms with Crippen molar-refractivity contribution in [3.05, 3.63) is 4.88 Å². The number of carbonyl (C=O) groups excluding carboxylic acids is 2. The number of likely N-dealkylation sites (N-methyl/N-ethyl adjacent to an activating group) is 1. The molecular formula is C12H16N4O2S. The largest absolute Gasteiger partial charge is 0.348 e. The minimum Gasteiger partial charge on any atom is -0.348 e. The summed E-state index contributed by atoms with van der Waals surface area (Å²) in [5, 5.41) is 3.56. The van der Waals surface area contributed by atoms with Crippen LogP contribution >= 0.6 is 11.3 Å². The van der Waals surface area contributed by atoms with Crippen molar-refractivity contribution >= 4 is 34.1 Å². The number of thiazole rings is 1. The van der Waals surface area contributed by atoms with Crippen LogP contribution in [0.4, 0.5) is 10.9 Å². The van der Waals surface area contributed by atoms with Crippen molar-refractivity contribution < 1.29 is 9.59 Å². The highest BCUT2D eigenvalue weighted by molar-refractivity contribution is 7.18. The van der Waals surface area contributed by atoms with Gasteiger partial charge < -0.3 is 15.1 Å². The summed E-state index contributed by atoms with van der Waals surface area (Å²) in [6.45, 7) is 2.04. The van der Waals surface area contributed by atoms with E-state index in [1.54, 1.807) is 7.05 Å². The van der Waals surface area contributed by atoms with Crippen LogP contribution in [-0.2, 0) is 4.79 Å². The van der Waals surface area contributed by atoms with Crippen LogP contribution in [0.25, 0.3) is 0 Å². The smallest absolute Gasteiger partial charge is 0.268 e. The lowest BCUT2D eigenvalue weighted by Crippen LogP contribution is -2.31. The van der Waals surface area contributed by atoms with Gasteiger partial charge in [0.2, 0.25) is 5.91 Å². The maximum absolute atomic E-state index is 12.2. The molecule has 6 nitrogen and oxygen atoms in total. The van der Waals surface area contributed by atoms with Gasteiger partial charge in [0.25, 0.3) is 5.91 Å². The molecule has 1 aromatic rings. The van der Waals surface area contributed by atoms with Crippen LogP contribution < -0.4 is 10.2 Å². The van der Waals surface area contributed by atoms with Crippen molar-refractivity contribution in [2.75, 3.05) is 36.9 Å². The van der Waals surface area contributed by atoms with Crippen LogP contribution in [0.3, 0.4) is 0 Å². The van der Waals surface area contributed by atoms with Crippen LogP contribution in [0.15, 0.2) is 0 Å². The molecule has 1 saturated heterocycles. The number of carbonyl (C=O) groups is 2.